The minimum Gasteiger partial charge on any atom is -0.479 e. The molecule has 0 unspecified atom stereocenters. The number of hydrogen-bond donors (Lipinski definition) is 1. The predicted octanol–water partition coefficient (Wildman–Crippen LogP) is 1.08. The monoisotopic (exact) mass is 478 g/mol. The summed E-state index contributed by atoms with van der Waals surface area (Å²) in [6.45, 7) is 4.86. The van der Waals surface area contributed by atoms with E-state index in [9.17, 15) is 29.1 Å². The van der Waals surface area contributed by atoms with Gasteiger partial charge in [-0.3, -0.25) is 14.4 Å². The highest BCUT2D eigenvalue weighted by Crippen LogP contribution is 2.32. The molecular weight excluding hydrogens is 456 g/mol. The lowest BCUT2D eigenvalue weighted by molar-refractivity contribution is -0.281. The summed E-state index contributed by atoms with van der Waals surface area (Å²) in [5.74, 6) is -4.03. The molecule has 34 heavy (non-hydrogen) atoms. The number of aliphatic carboxylic acids is 1. The van der Waals surface area contributed by atoms with Crippen molar-refractivity contribution in [2.24, 2.45) is 0 Å². The van der Waals surface area contributed by atoms with Crippen molar-refractivity contribution in [2.75, 3.05) is 0 Å². The Morgan fingerprint density at radius 3 is 2.06 bits per heavy atom. The Kier molecular flexibility index (Phi) is 7.20. The van der Waals surface area contributed by atoms with Crippen LogP contribution in [-0.4, -0.2) is 59.7 Å². The number of hydrogen-bond acceptors (Lipinski definition) is 11. The minimum atomic E-state index is -1.83. The summed E-state index contributed by atoms with van der Waals surface area (Å²) in [4.78, 5) is 58.8. The Hall–Kier alpha value is -3.93. The van der Waals surface area contributed by atoms with Gasteiger partial charge in [-0.2, -0.15) is 0 Å². The molecule has 1 saturated heterocycles. The zero-order chi connectivity index (χ0) is 25.2. The summed E-state index contributed by atoms with van der Waals surface area (Å²) in [7, 11) is 0. The first-order valence-electron chi connectivity index (χ1n) is 10.1. The normalized spacial score (nSPS) is 24.2. The fourth-order valence-electron chi connectivity index (χ4n) is 3.58. The summed E-state index contributed by atoms with van der Waals surface area (Å²) >= 11 is 0. The van der Waals surface area contributed by atoms with Crippen LogP contribution in [0, 0.1) is 6.92 Å². The molecule has 0 bridgehead atoms. The molecule has 0 aliphatic carbocycles. The van der Waals surface area contributed by atoms with Crippen LogP contribution < -0.4 is 10.4 Å². The number of carbonyl (C=O) groups is 4. The van der Waals surface area contributed by atoms with Crippen molar-refractivity contribution < 1.29 is 52.4 Å². The van der Waals surface area contributed by atoms with E-state index in [-0.39, 0.29) is 11.3 Å². The highest BCUT2D eigenvalue weighted by Gasteiger charge is 2.55. The predicted molar refractivity (Wildman–Crippen MR) is 111 cm³/mol. The average Bonchev–Trinajstić information content (AvgIpc) is 2.70. The third-order valence-electron chi connectivity index (χ3n) is 4.82. The molecule has 5 atom stereocenters. The number of carboxylic acids is 1. The third-order valence-corrected chi connectivity index (χ3v) is 4.82. The summed E-state index contributed by atoms with van der Waals surface area (Å²) in [6.07, 6.45) is -8.14. The Labute approximate surface area is 192 Å². The third kappa shape index (κ3) is 5.52. The van der Waals surface area contributed by atoms with E-state index in [2.05, 4.69) is 0 Å². The first kappa shape index (κ1) is 24.7. The fourth-order valence-corrected chi connectivity index (χ4v) is 3.58. The number of aryl methyl sites for hydroxylation is 1. The van der Waals surface area contributed by atoms with Gasteiger partial charge in [0.1, 0.15) is 11.3 Å². The van der Waals surface area contributed by atoms with E-state index in [1.165, 1.54) is 18.2 Å². The van der Waals surface area contributed by atoms with Crippen LogP contribution in [0.25, 0.3) is 11.0 Å². The standard InChI is InChI=1S/C22H22O12/c1-9-7-16(26)33-15-8-13(5-6-14(9)15)32-22-20(31-12(4)25)18(30-11(3)24)17(29-10(2)23)19(34-22)21(27)28/h5-8,17-20,22H,1-4H3,(H,27,28)/t17-,18-,19-,20+,22+/m0/s1. The van der Waals surface area contributed by atoms with Crippen molar-refractivity contribution in [2.45, 2.75) is 58.4 Å². The Balaban J connectivity index is 2.04. The van der Waals surface area contributed by atoms with Gasteiger partial charge in [0.05, 0.1) is 0 Å². The number of rotatable bonds is 6. The maximum absolute atomic E-state index is 11.9. The first-order chi connectivity index (χ1) is 16.0. The Morgan fingerprint density at radius 2 is 1.47 bits per heavy atom. The van der Waals surface area contributed by atoms with Crippen molar-refractivity contribution in [3.63, 3.8) is 0 Å². The summed E-state index contributed by atoms with van der Waals surface area (Å²) in [5, 5.41) is 10.3. The van der Waals surface area contributed by atoms with E-state index < -0.39 is 60.2 Å². The summed E-state index contributed by atoms with van der Waals surface area (Å²) in [6, 6.07) is 5.79. The van der Waals surface area contributed by atoms with Crippen LogP contribution >= 0.6 is 0 Å². The van der Waals surface area contributed by atoms with Crippen LogP contribution in [0.2, 0.25) is 0 Å². The van der Waals surface area contributed by atoms with Gasteiger partial charge in [0.15, 0.2) is 18.3 Å². The number of fused-ring (bicyclic) bond motifs is 1. The largest absolute Gasteiger partial charge is 0.479 e. The lowest BCUT2D eigenvalue weighted by Crippen LogP contribution is -2.64. The van der Waals surface area contributed by atoms with Crippen LogP contribution in [0.1, 0.15) is 26.3 Å². The van der Waals surface area contributed by atoms with Crippen molar-refractivity contribution in [1.29, 1.82) is 0 Å². The second-order valence-corrected chi connectivity index (χ2v) is 7.51. The molecule has 2 heterocycles. The van der Waals surface area contributed by atoms with E-state index >= 15 is 0 Å². The molecule has 1 fully saturated rings. The zero-order valence-corrected chi connectivity index (χ0v) is 18.6. The molecule has 0 radical (unpaired) electrons. The minimum absolute atomic E-state index is 0.0695. The van der Waals surface area contributed by atoms with Gasteiger partial charge < -0.3 is 33.2 Å². The highest BCUT2D eigenvalue weighted by atomic mass is 16.7. The maximum Gasteiger partial charge on any atom is 0.337 e. The highest BCUT2D eigenvalue weighted by molar-refractivity contribution is 5.81. The number of esters is 3. The Morgan fingerprint density at radius 1 is 0.882 bits per heavy atom. The van der Waals surface area contributed by atoms with E-state index in [1.807, 2.05) is 0 Å². The van der Waals surface area contributed by atoms with Gasteiger partial charge in [0, 0.05) is 38.3 Å². The second kappa shape index (κ2) is 9.91. The van der Waals surface area contributed by atoms with Gasteiger partial charge in [0.25, 0.3) is 0 Å². The van der Waals surface area contributed by atoms with E-state index in [0.29, 0.717) is 10.9 Å². The molecule has 1 aliphatic heterocycles. The Bertz CT molecular complexity index is 1180. The lowest BCUT2D eigenvalue weighted by atomic mass is 9.97. The fraction of sp³-hybridized carbons (Fsp3) is 0.409. The molecule has 3 rings (SSSR count). The van der Waals surface area contributed by atoms with Crippen LogP contribution in [0.5, 0.6) is 5.75 Å². The second-order valence-electron chi connectivity index (χ2n) is 7.51. The average molecular weight is 478 g/mol. The topological polar surface area (TPSA) is 165 Å². The quantitative estimate of drug-likeness (QED) is 0.357. The van der Waals surface area contributed by atoms with Crippen LogP contribution in [-0.2, 0) is 38.1 Å². The zero-order valence-electron chi connectivity index (χ0n) is 18.6. The molecule has 12 heteroatoms. The number of ether oxygens (including phenoxy) is 5. The van der Waals surface area contributed by atoms with Crippen LogP contribution in [0.3, 0.4) is 0 Å². The molecule has 1 N–H and O–H groups in total. The molecule has 1 aromatic carbocycles. The van der Waals surface area contributed by atoms with Crippen molar-refractivity contribution in [3.05, 3.63) is 40.2 Å². The number of benzene rings is 1. The molecule has 2 aromatic rings. The molecule has 1 aliphatic rings. The van der Waals surface area contributed by atoms with Gasteiger partial charge in [0.2, 0.25) is 12.4 Å². The molecule has 1 aromatic heterocycles. The van der Waals surface area contributed by atoms with E-state index in [4.69, 9.17) is 28.1 Å². The smallest absolute Gasteiger partial charge is 0.337 e. The van der Waals surface area contributed by atoms with Crippen molar-refractivity contribution in [1.82, 2.24) is 0 Å². The van der Waals surface area contributed by atoms with E-state index in [0.717, 1.165) is 20.8 Å². The van der Waals surface area contributed by atoms with Gasteiger partial charge in [-0.25, -0.2) is 9.59 Å². The van der Waals surface area contributed by atoms with Crippen molar-refractivity contribution >= 4 is 34.8 Å². The molecule has 0 amide bonds. The molecule has 12 nitrogen and oxygen atoms in total. The molecule has 0 saturated carbocycles. The van der Waals surface area contributed by atoms with Crippen LogP contribution in [0.15, 0.2) is 33.5 Å². The molecule has 0 spiro atoms. The van der Waals surface area contributed by atoms with Gasteiger partial charge in [-0.15, -0.1) is 0 Å². The lowest BCUT2D eigenvalue weighted by Gasteiger charge is -2.42. The first-order valence-corrected chi connectivity index (χ1v) is 10.1. The van der Waals surface area contributed by atoms with Gasteiger partial charge in [-0.1, -0.05) is 0 Å². The van der Waals surface area contributed by atoms with Crippen LogP contribution in [0.4, 0.5) is 0 Å². The molecular formula is C22H22O12. The van der Waals surface area contributed by atoms with Gasteiger partial charge in [-0.05, 0) is 24.6 Å². The summed E-state index contributed by atoms with van der Waals surface area (Å²) < 4.78 is 31.9. The number of carbonyl (C=O) groups excluding carboxylic acids is 3. The maximum atomic E-state index is 11.9. The van der Waals surface area contributed by atoms with E-state index in [1.54, 1.807) is 13.0 Å². The SMILES string of the molecule is CC(=O)O[C@@H]1[C@@H](OC(C)=O)[C@H](Oc2ccc3c(C)cc(=O)oc3c2)O[C@H](C(=O)O)[C@H]1OC(C)=O. The van der Waals surface area contributed by atoms with Gasteiger partial charge >= 0.3 is 29.5 Å². The summed E-state index contributed by atoms with van der Waals surface area (Å²) in [5.41, 5.74) is 0.264. The molecule has 182 valence electrons. The van der Waals surface area contributed by atoms with Crippen molar-refractivity contribution in [3.8, 4) is 5.75 Å². The number of carboxylic acid groups (broad SMARTS) is 1.